The summed E-state index contributed by atoms with van der Waals surface area (Å²) in [6.07, 6.45) is 1.66. The molecule has 2 aromatic carbocycles. The number of benzene rings is 2. The number of aromatic nitrogens is 2. The van der Waals surface area contributed by atoms with Crippen LogP contribution in [0.3, 0.4) is 0 Å². The molecule has 0 saturated heterocycles. The predicted molar refractivity (Wildman–Crippen MR) is 99.7 cm³/mol. The van der Waals surface area contributed by atoms with Crippen molar-refractivity contribution in [3.8, 4) is 17.2 Å². The Balaban J connectivity index is 1.39. The zero-order valence-electron chi connectivity index (χ0n) is 14.2. The van der Waals surface area contributed by atoms with E-state index in [1.807, 2.05) is 12.1 Å². The number of nitrogens with zero attached hydrogens (tertiary/aromatic N) is 2. The molecule has 1 amide bonds. The standard InChI is InChI=1S/C19H16ClN3O4/c20-14-3-1-2-4-16(14)27-12-23-8-7-15(22-23)19(24)21-13-5-6-17-18(11-13)26-10-9-25-17/h1-8,11H,9-10,12H2,(H,21,24). The number of carbonyl (C=O) groups excluding carboxylic acids is 1. The van der Waals surface area contributed by atoms with Crippen LogP contribution < -0.4 is 19.5 Å². The maximum Gasteiger partial charge on any atom is 0.276 e. The van der Waals surface area contributed by atoms with Crippen molar-refractivity contribution < 1.29 is 19.0 Å². The van der Waals surface area contributed by atoms with Crippen LogP contribution in [0, 0.1) is 0 Å². The summed E-state index contributed by atoms with van der Waals surface area (Å²) >= 11 is 6.05. The number of rotatable bonds is 5. The largest absolute Gasteiger partial charge is 0.486 e. The molecule has 7 nitrogen and oxygen atoms in total. The molecule has 138 valence electrons. The third-order valence-corrected chi connectivity index (χ3v) is 4.17. The number of nitrogens with one attached hydrogen (secondary N) is 1. The van der Waals surface area contributed by atoms with Crippen molar-refractivity contribution in [2.24, 2.45) is 0 Å². The quantitative estimate of drug-likeness (QED) is 0.726. The molecule has 1 aliphatic heterocycles. The van der Waals surface area contributed by atoms with E-state index < -0.39 is 0 Å². The lowest BCUT2D eigenvalue weighted by atomic mass is 10.2. The monoisotopic (exact) mass is 385 g/mol. The molecular formula is C19H16ClN3O4. The molecule has 0 unspecified atom stereocenters. The minimum Gasteiger partial charge on any atom is -0.486 e. The fourth-order valence-electron chi connectivity index (χ4n) is 2.57. The highest BCUT2D eigenvalue weighted by atomic mass is 35.5. The van der Waals surface area contributed by atoms with Gasteiger partial charge in [-0.1, -0.05) is 23.7 Å². The van der Waals surface area contributed by atoms with Crippen LogP contribution in [0.1, 0.15) is 10.5 Å². The van der Waals surface area contributed by atoms with Gasteiger partial charge in [-0.05, 0) is 30.3 Å². The second-order valence-electron chi connectivity index (χ2n) is 5.76. The van der Waals surface area contributed by atoms with Gasteiger partial charge in [-0.3, -0.25) is 4.79 Å². The molecule has 1 aromatic heterocycles. The highest BCUT2D eigenvalue weighted by molar-refractivity contribution is 6.32. The van der Waals surface area contributed by atoms with E-state index in [4.69, 9.17) is 25.8 Å². The van der Waals surface area contributed by atoms with E-state index in [0.717, 1.165) is 0 Å². The van der Waals surface area contributed by atoms with Gasteiger partial charge in [-0.15, -0.1) is 0 Å². The van der Waals surface area contributed by atoms with E-state index in [9.17, 15) is 4.79 Å². The van der Waals surface area contributed by atoms with Crippen LogP contribution in [0.25, 0.3) is 0 Å². The van der Waals surface area contributed by atoms with Crippen LogP contribution in [0.2, 0.25) is 5.02 Å². The number of fused-ring (bicyclic) bond motifs is 1. The summed E-state index contributed by atoms with van der Waals surface area (Å²) in [6, 6.07) is 14.0. The summed E-state index contributed by atoms with van der Waals surface area (Å²) in [7, 11) is 0. The molecule has 8 heteroatoms. The Hall–Kier alpha value is -3.19. The number of anilines is 1. The maximum atomic E-state index is 12.4. The highest BCUT2D eigenvalue weighted by Crippen LogP contribution is 2.32. The minimum atomic E-state index is -0.330. The third-order valence-electron chi connectivity index (χ3n) is 3.86. The Bertz CT molecular complexity index is 973. The molecule has 0 fully saturated rings. The van der Waals surface area contributed by atoms with Crippen LogP contribution in [-0.2, 0) is 6.73 Å². The summed E-state index contributed by atoms with van der Waals surface area (Å²) in [4.78, 5) is 12.4. The first-order valence-corrected chi connectivity index (χ1v) is 8.68. The van der Waals surface area contributed by atoms with Crippen LogP contribution in [0.15, 0.2) is 54.7 Å². The van der Waals surface area contributed by atoms with Gasteiger partial charge in [-0.2, -0.15) is 5.10 Å². The summed E-state index contributed by atoms with van der Waals surface area (Å²) in [6.45, 7) is 1.15. The van der Waals surface area contributed by atoms with Crippen LogP contribution in [0.5, 0.6) is 17.2 Å². The first kappa shape index (κ1) is 17.2. The molecule has 4 rings (SSSR count). The molecule has 1 aliphatic rings. The van der Waals surface area contributed by atoms with Gasteiger partial charge < -0.3 is 19.5 Å². The van der Waals surface area contributed by atoms with Gasteiger partial charge in [-0.25, -0.2) is 4.68 Å². The van der Waals surface area contributed by atoms with Gasteiger partial charge in [0.15, 0.2) is 23.9 Å². The van der Waals surface area contributed by atoms with Gasteiger partial charge in [0.05, 0.1) is 5.02 Å². The number of halogens is 1. The number of ether oxygens (including phenoxy) is 3. The molecule has 3 aromatic rings. The Morgan fingerprint density at radius 2 is 1.96 bits per heavy atom. The van der Waals surface area contributed by atoms with E-state index in [1.165, 1.54) is 4.68 Å². The topological polar surface area (TPSA) is 74.6 Å². The van der Waals surface area contributed by atoms with E-state index in [-0.39, 0.29) is 18.3 Å². The van der Waals surface area contributed by atoms with E-state index >= 15 is 0 Å². The van der Waals surface area contributed by atoms with E-state index in [0.29, 0.717) is 41.2 Å². The van der Waals surface area contributed by atoms with E-state index in [2.05, 4.69) is 10.4 Å². The number of hydrogen-bond donors (Lipinski definition) is 1. The van der Waals surface area contributed by atoms with Crippen molar-refractivity contribution in [1.29, 1.82) is 0 Å². The van der Waals surface area contributed by atoms with Gasteiger partial charge >= 0.3 is 0 Å². The second kappa shape index (κ2) is 7.59. The molecule has 1 N–H and O–H groups in total. The van der Waals surface area contributed by atoms with Crippen LogP contribution in [-0.4, -0.2) is 28.9 Å². The number of amides is 1. The first-order valence-electron chi connectivity index (χ1n) is 8.31. The van der Waals surface area contributed by atoms with Crippen molar-refractivity contribution in [3.63, 3.8) is 0 Å². The van der Waals surface area contributed by atoms with Crippen molar-refractivity contribution in [3.05, 3.63) is 65.4 Å². The van der Waals surface area contributed by atoms with Crippen molar-refractivity contribution in [2.45, 2.75) is 6.73 Å². The van der Waals surface area contributed by atoms with Crippen LogP contribution in [0.4, 0.5) is 5.69 Å². The van der Waals surface area contributed by atoms with Gasteiger partial charge in [0, 0.05) is 18.0 Å². The molecule has 2 heterocycles. The normalized spacial score (nSPS) is 12.5. The number of hydrogen-bond acceptors (Lipinski definition) is 5. The zero-order chi connectivity index (χ0) is 18.6. The van der Waals surface area contributed by atoms with Crippen molar-refractivity contribution in [1.82, 2.24) is 9.78 Å². The zero-order valence-corrected chi connectivity index (χ0v) is 15.0. The minimum absolute atomic E-state index is 0.140. The molecular weight excluding hydrogens is 370 g/mol. The smallest absolute Gasteiger partial charge is 0.276 e. The van der Waals surface area contributed by atoms with Crippen molar-refractivity contribution >= 4 is 23.2 Å². The van der Waals surface area contributed by atoms with Gasteiger partial charge in [0.1, 0.15) is 19.0 Å². The molecule has 0 saturated carbocycles. The Kier molecular flexibility index (Phi) is 4.84. The SMILES string of the molecule is O=C(Nc1ccc2c(c1)OCCO2)c1ccn(COc2ccccc2Cl)n1. The molecule has 0 bridgehead atoms. The average molecular weight is 386 g/mol. The summed E-state index contributed by atoms with van der Waals surface area (Å²) < 4.78 is 18.1. The molecule has 0 aliphatic carbocycles. The summed E-state index contributed by atoms with van der Waals surface area (Å²) in [5, 5.41) is 7.53. The molecule has 0 spiro atoms. The fourth-order valence-corrected chi connectivity index (χ4v) is 2.76. The van der Waals surface area contributed by atoms with Crippen molar-refractivity contribution in [2.75, 3.05) is 18.5 Å². The summed E-state index contributed by atoms with van der Waals surface area (Å²) in [5.74, 6) is 1.50. The lowest BCUT2D eigenvalue weighted by Gasteiger charge is -2.18. The highest BCUT2D eigenvalue weighted by Gasteiger charge is 2.15. The van der Waals surface area contributed by atoms with Gasteiger partial charge in [0.2, 0.25) is 0 Å². The predicted octanol–water partition coefficient (Wildman–Crippen LogP) is 3.60. The average Bonchev–Trinajstić information content (AvgIpc) is 3.16. The van der Waals surface area contributed by atoms with Gasteiger partial charge in [0.25, 0.3) is 5.91 Å². The Morgan fingerprint density at radius 3 is 2.81 bits per heavy atom. The fraction of sp³-hybridized carbons (Fsp3) is 0.158. The third kappa shape index (κ3) is 3.98. The first-order chi connectivity index (χ1) is 13.2. The molecule has 27 heavy (non-hydrogen) atoms. The molecule has 0 atom stereocenters. The second-order valence-corrected chi connectivity index (χ2v) is 6.16. The summed E-state index contributed by atoms with van der Waals surface area (Å²) in [5.41, 5.74) is 0.874. The van der Waals surface area contributed by atoms with E-state index in [1.54, 1.807) is 42.6 Å². The lowest BCUT2D eigenvalue weighted by molar-refractivity contribution is 0.102. The maximum absolute atomic E-state index is 12.4. The Morgan fingerprint density at radius 1 is 1.15 bits per heavy atom. The Labute approximate surface area is 160 Å². The molecule has 0 radical (unpaired) electrons. The lowest BCUT2D eigenvalue weighted by Crippen LogP contribution is -2.17. The number of para-hydroxylation sites is 1. The number of carbonyl (C=O) groups is 1. The van der Waals surface area contributed by atoms with Crippen LogP contribution >= 0.6 is 11.6 Å².